The lowest BCUT2D eigenvalue weighted by atomic mass is 9.88. The van der Waals surface area contributed by atoms with Crippen LogP contribution in [0.15, 0.2) is 12.7 Å². The molecule has 0 atom stereocenters. The maximum Gasteiger partial charge on any atom is 0.309 e. The number of esters is 1. The number of hydrogen-bond donors (Lipinski definition) is 1. The highest BCUT2D eigenvalue weighted by Gasteiger charge is 2.26. The van der Waals surface area contributed by atoms with Gasteiger partial charge in [-0.1, -0.05) is 6.08 Å². The van der Waals surface area contributed by atoms with E-state index in [1.807, 2.05) is 0 Å². The van der Waals surface area contributed by atoms with E-state index in [0.717, 1.165) is 12.8 Å². The highest BCUT2D eigenvalue weighted by molar-refractivity contribution is 5.72. The molecule has 1 N–H and O–H groups in total. The van der Waals surface area contributed by atoms with Crippen LogP contribution in [0.1, 0.15) is 25.7 Å². The third kappa shape index (κ3) is 4.77. The van der Waals surface area contributed by atoms with Gasteiger partial charge in [-0.2, -0.15) is 0 Å². The maximum atomic E-state index is 11.6. The molecule has 0 saturated heterocycles. The molecule has 0 spiro atoms. The summed E-state index contributed by atoms with van der Waals surface area (Å²) in [5, 5.41) is 9.30. The molecular weight excluding hydrogens is 208 g/mol. The van der Waals surface area contributed by atoms with Crippen LogP contribution < -0.4 is 0 Å². The van der Waals surface area contributed by atoms with E-state index in [1.54, 1.807) is 6.08 Å². The Hall–Kier alpha value is -0.870. The van der Waals surface area contributed by atoms with Crippen LogP contribution in [0.2, 0.25) is 0 Å². The molecule has 1 aliphatic carbocycles. The van der Waals surface area contributed by atoms with Gasteiger partial charge in [-0.05, 0) is 25.7 Å². The molecule has 1 saturated carbocycles. The fraction of sp³-hybridized carbons (Fsp3) is 0.750. The van der Waals surface area contributed by atoms with Gasteiger partial charge in [0.05, 0.1) is 25.2 Å². The van der Waals surface area contributed by atoms with Gasteiger partial charge in [-0.25, -0.2) is 0 Å². The zero-order valence-electron chi connectivity index (χ0n) is 9.56. The summed E-state index contributed by atoms with van der Waals surface area (Å²) in [5.74, 6) is -0.197. The number of carbonyl (C=O) groups excluding carboxylic acids is 1. The molecule has 1 aliphatic rings. The molecule has 1 rings (SSSR count). The van der Waals surface area contributed by atoms with Gasteiger partial charge in [0.25, 0.3) is 0 Å². The number of hydrogen-bond acceptors (Lipinski definition) is 4. The van der Waals surface area contributed by atoms with E-state index in [4.69, 9.17) is 9.47 Å². The van der Waals surface area contributed by atoms with Gasteiger partial charge in [0.1, 0.15) is 6.61 Å². The topological polar surface area (TPSA) is 55.8 Å². The van der Waals surface area contributed by atoms with E-state index in [1.165, 1.54) is 0 Å². The van der Waals surface area contributed by atoms with Crippen molar-refractivity contribution in [1.82, 2.24) is 0 Å². The van der Waals surface area contributed by atoms with Gasteiger partial charge < -0.3 is 14.6 Å². The Morgan fingerprint density at radius 3 is 2.62 bits per heavy atom. The molecule has 0 radical (unpaired) electrons. The van der Waals surface area contributed by atoms with E-state index >= 15 is 0 Å². The molecule has 0 amide bonds. The van der Waals surface area contributed by atoms with Crippen LogP contribution in [0, 0.1) is 5.92 Å². The molecule has 92 valence electrons. The molecule has 0 aromatic carbocycles. The van der Waals surface area contributed by atoms with Crippen molar-refractivity contribution in [2.24, 2.45) is 5.92 Å². The monoisotopic (exact) mass is 228 g/mol. The van der Waals surface area contributed by atoms with E-state index in [0.29, 0.717) is 32.7 Å². The molecule has 0 aromatic rings. The molecule has 0 bridgehead atoms. The predicted molar refractivity (Wildman–Crippen MR) is 59.9 cm³/mol. The van der Waals surface area contributed by atoms with Crippen LogP contribution in [0.5, 0.6) is 0 Å². The highest BCUT2D eigenvalue weighted by atomic mass is 16.6. The molecule has 0 unspecified atom stereocenters. The number of rotatable bonds is 6. The van der Waals surface area contributed by atoms with Gasteiger partial charge in [-0.15, -0.1) is 6.58 Å². The lowest BCUT2D eigenvalue weighted by Gasteiger charge is -2.23. The number of aliphatic hydroxyl groups excluding tert-OH is 1. The van der Waals surface area contributed by atoms with E-state index in [-0.39, 0.29) is 18.0 Å². The van der Waals surface area contributed by atoms with Crippen molar-refractivity contribution in [2.45, 2.75) is 31.8 Å². The molecule has 1 fully saturated rings. The van der Waals surface area contributed by atoms with Crippen LogP contribution in [0.25, 0.3) is 0 Å². The van der Waals surface area contributed by atoms with Gasteiger partial charge in [0.2, 0.25) is 0 Å². The Morgan fingerprint density at radius 2 is 2.00 bits per heavy atom. The van der Waals surface area contributed by atoms with E-state index in [9.17, 15) is 9.90 Å². The van der Waals surface area contributed by atoms with Crippen LogP contribution in [0.4, 0.5) is 0 Å². The van der Waals surface area contributed by atoms with Crippen molar-refractivity contribution in [3.8, 4) is 0 Å². The van der Waals surface area contributed by atoms with Crippen molar-refractivity contribution in [1.29, 1.82) is 0 Å². The third-order valence-electron chi connectivity index (χ3n) is 2.74. The molecule has 16 heavy (non-hydrogen) atoms. The second-order valence-corrected chi connectivity index (χ2v) is 4.04. The Morgan fingerprint density at radius 1 is 1.31 bits per heavy atom. The Bertz CT molecular complexity index is 219. The average Bonchev–Trinajstić information content (AvgIpc) is 2.29. The van der Waals surface area contributed by atoms with Crippen molar-refractivity contribution in [3.63, 3.8) is 0 Å². The van der Waals surface area contributed by atoms with Gasteiger partial charge >= 0.3 is 5.97 Å². The fourth-order valence-electron chi connectivity index (χ4n) is 1.80. The Kier molecular flexibility index (Phi) is 6.11. The summed E-state index contributed by atoms with van der Waals surface area (Å²) in [4.78, 5) is 11.6. The van der Waals surface area contributed by atoms with Crippen LogP contribution >= 0.6 is 0 Å². The standard InChI is InChI=1S/C12H20O4/c1-2-7-15-8-9-16-12(14)10-3-5-11(13)6-4-10/h2,10-11,13H,1,3-9H2. The Balaban J connectivity index is 2.08. The SMILES string of the molecule is C=CCOCCOC(=O)C1CCC(O)CC1. The van der Waals surface area contributed by atoms with Gasteiger partial charge in [0.15, 0.2) is 0 Å². The van der Waals surface area contributed by atoms with Crippen molar-refractivity contribution in [3.05, 3.63) is 12.7 Å². The summed E-state index contributed by atoms with van der Waals surface area (Å²) in [6, 6.07) is 0. The minimum Gasteiger partial charge on any atom is -0.463 e. The number of carbonyl (C=O) groups is 1. The van der Waals surface area contributed by atoms with Gasteiger partial charge in [-0.3, -0.25) is 4.79 Å². The second kappa shape index (κ2) is 7.41. The minimum absolute atomic E-state index is 0.0391. The van der Waals surface area contributed by atoms with Crippen LogP contribution in [0.3, 0.4) is 0 Å². The first-order valence-corrected chi connectivity index (χ1v) is 5.77. The van der Waals surface area contributed by atoms with Crippen molar-refractivity contribution >= 4 is 5.97 Å². The largest absolute Gasteiger partial charge is 0.463 e. The predicted octanol–water partition coefficient (Wildman–Crippen LogP) is 1.28. The molecule has 4 heteroatoms. The van der Waals surface area contributed by atoms with Crippen LogP contribution in [-0.2, 0) is 14.3 Å². The zero-order chi connectivity index (χ0) is 11.8. The summed E-state index contributed by atoms with van der Waals surface area (Å²) in [6.45, 7) is 4.70. The van der Waals surface area contributed by atoms with Crippen molar-refractivity contribution in [2.75, 3.05) is 19.8 Å². The normalized spacial score (nSPS) is 25.1. The lowest BCUT2D eigenvalue weighted by Crippen LogP contribution is -2.26. The smallest absolute Gasteiger partial charge is 0.309 e. The number of aliphatic hydroxyl groups is 1. The fourth-order valence-corrected chi connectivity index (χ4v) is 1.80. The van der Waals surface area contributed by atoms with Crippen molar-refractivity contribution < 1.29 is 19.4 Å². The molecule has 0 aromatic heterocycles. The molecule has 0 aliphatic heterocycles. The average molecular weight is 228 g/mol. The first-order chi connectivity index (χ1) is 7.74. The highest BCUT2D eigenvalue weighted by Crippen LogP contribution is 2.24. The first kappa shape index (κ1) is 13.2. The summed E-state index contributed by atoms with van der Waals surface area (Å²) in [5.41, 5.74) is 0. The minimum atomic E-state index is -0.236. The maximum absolute atomic E-state index is 11.6. The summed E-state index contributed by atoms with van der Waals surface area (Å²) in [7, 11) is 0. The number of ether oxygens (including phenoxy) is 2. The summed E-state index contributed by atoms with van der Waals surface area (Å²) >= 11 is 0. The summed E-state index contributed by atoms with van der Waals surface area (Å²) < 4.78 is 10.2. The first-order valence-electron chi connectivity index (χ1n) is 5.77. The van der Waals surface area contributed by atoms with E-state index < -0.39 is 0 Å². The molecule has 4 nitrogen and oxygen atoms in total. The van der Waals surface area contributed by atoms with E-state index in [2.05, 4.69) is 6.58 Å². The van der Waals surface area contributed by atoms with Gasteiger partial charge in [0, 0.05) is 0 Å². The molecular formula is C12H20O4. The Labute approximate surface area is 96.2 Å². The third-order valence-corrected chi connectivity index (χ3v) is 2.74. The van der Waals surface area contributed by atoms with Crippen LogP contribution in [-0.4, -0.2) is 37.0 Å². The second-order valence-electron chi connectivity index (χ2n) is 4.04. The molecule has 0 heterocycles. The quantitative estimate of drug-likeness (QED) is 0.423. The zero-order valence-corrected chi connectivity index (χ0v) is 9.56. The lowest BCUT2D eigenvalue weighted by molar-refractivity contribution is -0.151. The summed E-state index contributed by atoms with van der Waals surface area (Å²) in [6.07, 6.45) is 4.28.